The number of aromatic nitrogens is 2. The fourth-order valence-electron chi connectivity index (χ4n) is 1.42. The molecule has 88 valence electrons. The van der Waals surface area contributed by atoms with Gasteiger partial charge in [-0.2, -0.15) is 0 Å². The minimum absolute atomic E-state index is 0.479. The van der Waals surface area contributed by atoms with Gasteiger partial charge in [0.25, 0.3) is 0 Å². The Hall–Kier alpha value is -2.67. The van der Waals surface area contributed by atoms with E-state index in [0.29, 0.717) is 12.2 Å². The molecule has 0 spiro atoms. The Morgan fingerprint density at radius 2 is 1.89 bits per heavy atom. The quantitative estimate of drug-likeness (QED) is 0.590. The van der Waals surface area contributed by atoms with Gasteiger partial charge in [-0.1, -0.05) is 18.1 Å². The molecule has 0 aliphatic rings. The van der Waals surface area contributed by atoms with Gasteiger partial charge in [-0.15, -0.1) is 10.2 Å². The lowest BCUT2D eigenvalue weighted by Gasteiger charge is -2.01. The summed E-state index contributed by atoms with van der Waals surface area (Å²) in [4.78, 5) is 10.1. The Bertz CT molecular complexity index is 592. The minimum atomic E-state index is 0.479. The highest BCUT2D eigenvalue weighted by atomic mass is 16.5. The number of ether oxygens (including phenoxy) is 1. The molecule has 18 heavy (non-hydrogen) atoms. The van der Waals surface area contributed by atoms with E-state index >= 15 is 0 Å². The van der Waals surface area contributed by atoms with Gasteiger partial charge in [0.05, 0.1) is 12.8 Å². The van der Waals surface area contributed by atoms with Gasteiger partial charge < -0.3 is 4.74 Å². The topological polar surface area (TPSA) is 52.1 Å². The van der Waals surface area contributed by atoms with Gasteiger partial charge in [-0.25, -0.2) is 0 Å². The Balaban J connectivity index is 2.25. The van der Waals surface area contributed by atoms with E-state index in [1.54, 1.807) is 13.2 Å². The predicted molar refractivity (Wildman–Crippen MR) is 67.0 cm³/mol. The largest absolute Gasteiger partial charge is 0.480 e. The molecule has 0 radical (unpaired) electrons. The van der Waals surface area contributed by atoms with Gasteiger partial charge in [0.1, 0.15) is 0 Å². The van der Waals surface area contributed by atoms with Crippen molar-refractivity contribution >= 4 is 6.29 Å². The lowest BCUT2D eigenvalue weighted by Crippen LogP contribution is -1.92. The molecule has 1 aromatic heterocycles. The van der Waals surface area contributed by atoms with E-state index in [-0.39, 0.29) is 0 Å². The molecule has 0 atom stereocenters. The molecule has 0 aliphatic carbocycles. The summed E-state index contributed by atoms with van der Waals surface area (Å²) in [6, 6.07) is 11.0. The van der Waals surface area contributed by atoms with Gasteiger partial charge in [0.2, 0.25) is 5.88 Å². The summed E-state index contributed by atoms with van der Waals surface area (Å²) in [6.07, 6.45) is 0.572. The maximum atomic E-state index is 10.1. The maximum Gasteiger partial charge on any atom is 0.233 e. The van der Waals surface area contributed by atoms with E-state index in [2.05, 4.69) is 22.0 Å². The van der Waals surface area contributed by atoms with Crippen LogP contribution in [0.5, 0.6) is 5.88 Å². The normalized spacial score (nSPS) is 9.17. The van der Waals surface area contributed by atoms with Crippen LogP contribution in [0.1, 0.15) is 5.56 Å². The highest BCUT2D eigenvalue weighted by Crippen LogP contribution is 2.17. The first-order chi connectivity index (χ1) is 8.83. The number of aldehydes is 1. The zero-order valence-electron chi connectivity index (χ0n) is 9.75. The Labute approximate surface area is 105 Å². The lowest BCUT2D eigenvalue weighted by atomic mass is 10.1. The molecule has 0 amide bonds. The van der Waals surface area contributed by atoms with Crippen LogP contribution >= 0.6 is 0 Å². The standard InChI is InChI=1S/C14H10N2O2/c1-18-14-9-8-13(15-16-14)12-6-4-11(5-7-12)3-2-10-17/h4-10H,1H3. The summed E-state index contributed by atoms with van der Waals surface area (Å²) in [6.45, 7) is 0. The van der Waals surface area contributed by atoms with Crippen LogP contribution in [0.2, 0.25) is 0 Å². The number of benzene rings is 1. The number of carbonyl (C=O) groups excluding carboxylic acids is 1. The lowest BCUT2D eigenvalue weighted by molar-refractivity contribution is -0.103. The van der Waals surface area contributed by atoms with E-state index < -0.39 is 0 Å². The van der Waals surface area contributed by atoms with Gasteiger partial charge in [0.15, 0.2) is 6.29 Å². The molecule has 2 aromatic rings. The van der Waals surface area contributed by atoms with Gasteiger partial charge >= 0.3 is 0 Å². The van der Waals surface area contributed by atoms with Crippen molar-refractivity contribution in [1.29, 1.82) is 0 Å². The first kappa shape index (κ1) is 11.8. The first-order valence-corrected chi connectivity index (χ1v) is 5.27. The summed E-state index contributed by atoms with van der Waals surface area (Å²) in [5.74, 6) is 5.56. The summed E-state index contributed by atoms with van der Waals surface area (Å²) in [5.41, 5.74) is 2.47. The van der Waals surface area contributed by atoms with Gasteiger partial charge in [-0.3, -0.25) is 4.79 Å². The van der Waals surface area contributed by atoms with Crippen LogP contribution in [0.4, 0.5) is 0 Å². The molecule has 0 fully saturated rings. The SMILES string of the molecule is COc1ccc(-c2ccc(C#CC=O)cc2)nn1. The number of hydrogen-bond acceptors (Lipinski definition) is 4. The van der Waals surface area contributed by atoms with E-state index in [9.17, 15) is 4.79 Å². The number of nitrogens with zero attached hydrogens (tertiary/aromatic N) is 2. The molecule has 2 rings (SSSR count). The molecule has 1 heterocycles. The van der Waals surface area contributed by atoms with E-state index in [0.717, 1.165) is 16.8 Å². The number of methoxy groups -OCH3 is 1. The van der Waals surface area contributed by atoms with Crippen LogP contribution < -0.4 is 4.74 Å². The molecule has 0 unspecified atom stereocenters. The average molecular weight is 238 g/mol. The summed E-state index contributed by atoms with van der Waals surface area (Å²) in [5, 5.41) is 7.94. The van der Waals surface area contributed by atoms with Crippen molar-refractivity contribution in [2.45, 2.75) is 0 Å². The summed E-state index contributed by atoms with van der Waals surface area (Å²) in [7, 11) is 1.55. The van der Waals surface area contributed by atoms with Crippen LogP contribution in [0.3, 0.4) is 0 Å². The second-order valence-electron chi connectivity index (χ2n) is 3.43. The monoisotopic (exact) mass is 238 g/mol. The predicted octanol–water partition coefficient (Wildman–Crippen LogP) is 1.70. The van der Waals surface area contributed by atoms with Crippen molar-refractivity contribution in [1.82, 2.24) is 10.2 Å². The van der Waals surface area contributed by atoms with Crippen molar-refractivity contribution in [2.75, 3.05) is 7.11 Å². The average Bonchev–Trinajstić information content (AvgIpc) is 2.46. The van der Waals surface area contributed by atoms with E-state index in [4.69, 9.17) is 4.74 Å². The zero-order chi connectivity index (χ0) is 12.8. The third-order valence-corrected chi connectivity index (χ3v) is 2.31. The Morgan fingerprint density at radius 1 is 1.11 bits per heavy atom. The van der Waals surface area contributed by atoms with Crippen molar-refractivity contribution in [3.05, 3.63) is 42.0 Å². The fraction of sp³-hybridized carbons (Fsp3) is 0.0714. The van der Waals surface area contributed by atoms with E-state index in [1.807, 2.05) is 30.3 Å². The fourth-order valence-corrected chi connectivity index (χ4v) is 1.42. The van der Waals surface area contributed by atoms with Gasteiger partial charge in [-0.05, 0) is 24.1 Å². The van der Waals surface area contributed by atoms with Crippen molar-refractivity contribution in [2.24, 2.45) is 0 Å². The second kappa shape index (κ2) is 5.60. The van der Waals surface area contributed by atoms with Crippen LogP contribution in [0.25, 0.3) is 11.3 Å². The van der Waals surface area contributed by atoms with Crippen LogP contribution in [-0.2, 0) is 4.79 Å². The molecule has 4 nitrogen and oxygen atoms in total. The minimum Gasteiger partial charge on any atom is -0.480 e. The molecule has 0 bridgehead atoms. The molecule has 0 saturated carbocycles. The number of rotatable bonds is 2. The molecule has 0 aliphatic heterocycles. The molecular formula is C14H10N2O2. The number of hydrogen-bond donors (Lipinski definition) is 0. The zero-order valence-corrected chi connectivity index (χ0v) is 9.75. The van der Waals surface area contributed by atoms with Crippen molar-refractivity contribution in [3.8, 4) is 29.0 Å². The highest BCUT2D eigenvalue weighted by Gasteiger charge is 2.00. The Morgan fingerprint density at radius 3 is 2.44 bits per heavy atom. The second-order valence-corrected chi connectivity index (χ2v) is 3.43. The van der Waals surface area contributed by atoms with Crippen LogP contribution in [0.15, 0.2) is 36.4 Å². The maximum absolute atomic E-state index is 10.1. The number of carbonyl (C=O) groups is 1. The molecular weight excluding hydrogens is 228 g/mol. The smallest absolute Gasteiger partial charge is 0.233 e. The van der Waals surface area contributed by atoms with Crippen LogP contribution in [-0.4, -0.2) is 23.6 Å². The van der Waals surface area contributed by atoms with Gasteiger partial charge in [0, 0.05) is 17.2 Å². The van der Waals surface area contributed by atoms with Crippen molar-refractivity contribution < 1.29 is 9.53 Å². The molecule has 1 aromatic carbocycles. The highest BCUT2D eigenvalue weighted by molar-refractivity contribution is 5.74. The van der Waals surface area contributed by atoms with Crippen molar-refractivity contribution in [3.63, 3.8) is 0 Å². The van der Waals surface area contributed by atoms with Crippen LogP contribution in [0, 0.1) is 11.8 Å². The van der Waals surface area contributed by atoms with E-state index in [1.165, 1.54) is 0 Å². The molecule has 0 saturated heterocycles. The summed E-state index contributed by atoms with van der Waals surface area (Å²) >= 11 is 0. The third kappa shape index (κ3) is 2.71. The summed E-state index contributed by atoms with van der Waals surface area (Å²) < 4.78 is 4.94. The molecule has 4 heteroatoms. The first-order valence-electron chi connectivity index (χ1n) is 5.27. The Kier molecular flexibility index (Phi) is 3.67. The molecule has 0 N–H and O–H groups in total. The third-order valence-electron chi connectivity index (χ3n) is 2.31.